The number of anilines is 1. The average molecular weight is 382 g/mol. The molecule has 0 bridgehead atoms. The Labute approximate surface area is 160 Å². The molecule has 0 radical (unpaired) electrons. The fourth-order valence-corrected chi connectivity index (χ4v) is 2.27. The van der Waals surface area contributed by atoms with Crippen molar-refractivity contribution in [3.8, 4) is 0 Å². The lowest BCUT2D eigenvalue weighted by atomic mass is 10.2. The number of benzene rings is 1. The van der Waals surface area contributed by atoms with Crippen molar-refractivity contribution in [3.05, 3.63) is 29.8 Å². The summed E-state index contributed by atoms with van der Waals surface area (Å²) >= 11 is 10.3. The predicted molar refractivity (Wildman–Crippen MR) is 112 cm³/mol. The van der Waals surface area contributed by atoms with Gasteiger partial charge in [0.15, 0.2) is 10.2 Å². The van der Waals surface area contributed by atoms with E-state index in [1.807, 2.05) is 6.07 Å². The molecule has 0 aliphatic carbocycles. The molecule has 5 N–H and O–H groups in total. The van der Waals surface area contributed by atoms with Gasteiger partial charge in [-0.05, 0) is 55.5 Å². The molecule has 0 atom stereocenters. The molecular weight excluding hydrogens is 354 g/mol. The van der Waals surface area contributed by atoms with Gasteiger partial charge in [-0.1, -0.05) is 32.8 Å². The summed E-state index contributed by atoms with van der Waals surface area (Å²) in [7, 11) is 0. The van der Waals surface area contributed by atoms with E-state index in [0.717, 1.165) is 44.5 Å². The highest BCUT2D eigenvalue weighted by Gasteiger charge is 2.07. The van der Waals surface area contributed by atoms with Crippen molar-refractivity contribution in [2.24, 2.45) is 0 Å². The van der Waals surface area contributed by atoms with Crippen LogP contribution in [0.4, 0.5) is 5.69 Å². The highest BCUT2D eigenvalue weighted by atomic mass is 32.1. The van der Waals surface area contributed by atoms with Crippen LogP contribution in [0.5, 0.6) is 0 Å². The Hall–Kier alpha value is -1.93. The van der Waals surface area contributed by atoms with Gasteiger partial charge in [0, 0.05) is 24.3 Å². The summed E-state index contributed by atoms with van der Waals surface area (Å²) in [6.07, 6.45) is 4.27. The monoisotopic (exact) mass is 381 g/mol. The number of hydrogen-bond donors (Lipinski definition) is 5. The van der Waals surface area contributed by atoms with E-state index in [-0.39, 0.29) is 5.91 Å². The Kier molecular flexibility index (Phi) is 10.5. The number of hydrogen-bond acceptors (Lipinski definition) is 3. The lowest BCUT2D eigenvalue weighted by molar-refractivity contribution is 0.0943. The maximum Gasteiger partial charge on any atom is 0.269 e. The third kappa shape index (κ3) is 9.21. The molecule has 0 saturated heterocycles. The van der Waals surface area contributed by atoms with Crippen LogP contribution in [0.25, 0.3) is 0 Å². The minimum absolute atomic E-state index is 0.270. The van der Waals surface area contributed by atoms with Gasteiger partial charge < -0.3 is 16.0 Å². The number of carbonyl (C=O) groups is 1. The lowest BCUT2D eigenvalue weighted by Crippen LogP contribution is -2.46. The average Bonchev–Trinajstić information content (AvgIpc) is 2.60. The van der Waals surface area contributed by atoms with Crippen LogP contribution in [0, 0.1) is 0 Å². The smallest absolute Gasteiger partial charge is 0.269 e. The van der Waals surface area contributed by atoms with Gasteiger partial charge in [0.25, 0.3) is 5.91 Å². The molecule has 1 aromatic carbocycles. The van der Waals surface area contributed by atoms with Crippen molar-refractivity contribution in [3.63, 3.8) is 0 Å². The number of nitrogens with one attached hydrogen (secondary N) is 5. The molecule has 1 aromatic rings. The maximum atomic E-state index is 12.2. The van der Waals surface area contributed by atoms with E-state index in [2.05, 4.69) is 40.6 Å². The van der Waals surface area contributed by atoms with Gasteiger partial charge in [0.1, 0.15) is 0 Å². The van der Waals surface area contributed by atoms with E-state index < -0.39 is 0 Å². The second-order valence-corrected chi connectivity index (χ2v) is 6.32. The van der Waals surface area contributed by atoms with E-state index in [1.54, 1.807) is 18.2 Å². The number of hydrazine groups is 1. The fraction of sp³-hybridized carbons (Fsp3) is 0.471. The molecule has 1 amide bonds. The zero-order chi connectivity index (χ0) is 18.5. The first kappa shape index (κ1) is 21.1. The zero-order valence-electron chi connectivity index (χ0n) is 14.8. The standard InChI is InChI=1S/C17H27N5OS2/c1-3-5-10-18-16(24)20-14-9-7-8-13(12-14)15(23)21-22-17(25)19-11-6-4-2/h7-9,12H,3-6,10-11H2,1-2H3,(H,21,23)(H2,18,20,24)(H2,19,22,25). The normalized spacial score (nSPS) is 9.84. The first-order valence-electron chi connectivity index (χ1n) is 8.56. The summed E-state index contributed by atoms with van der Waals surface area (Å²) in [6.45, 7) is 5.83. The van der Waals surface area contributed by atoms with Gasteiger partial charge >= 0.3 is 0 Å². The van der Waals surface area contributed by atoms with Gasteiger partial charge in [-0.15, -0.1) is 0 Å². The van der Waals surface area contributed by atoms with E-state index in [9.17, 15) is 4.79 Å². The summed E-state index contributed by atoms with van der Waals surface area (Å²) in [4.78, 5) is 12.2. The van der Waals surface area contributed by atoms with Crippen LogP contribution in [-0.4, -0.2) is 29.2 Å². The van der Waals surface area contributed by atoms with Gasteiger partial charge in [-0.3, -0.25) is 15.6 Å². The highest BCUT2D eigenvalue weighted by Crippen LogP contribution is 2.10. The third-order valence-electron chi connectivity index (χ3n) is 3.30. The molecule has 0 unspecified atom stereocenters. The van der Waals surface area contributed by atoms with Crippen molar-refractivity contribution < 1.29 is 4.79 Å². The van der Waals surface area contributed by atoms with E-state index in [0.29, 0.717) is 15.8 Å². The van der Waals surface area contributed by atoms with Gasteiger partial charge in [0.2, 0.25) is 0 Å². The largest absolute Gasteiger partial charge is 0.362 e. The molecule has 0 saturated carbocycles. The van der Waals surface area contributed by atoms with Gasteiger partial charge in [0.05, 0.1) is 0 Å². The second kappa shape index (κ2) is 12.4. The van der Waals surface area contributed by atoms with Crippen LogP contribution >= 0.6 is 24.4 Å². The molecule has 0 spiro atoms. The Morgan fingerprint density at radius 2 is 1.60 bits per heavy atom. The van der Waals surface area contributed by atoms with Crippen molar-refractivity contribution >= 4 is 46.3 Å². The molecule has 1 rings (SSSR count). The fourth-order valence-electron chi connectivity index (χ4n) is 1.90. The summed E-state index contributed by atoms with van der Waals surface area (Å²) in [5, 5.41) is 10.2. The predicted octanol–water partition coefficient (Wildman–Crippen LogP) is 2.68. The molecule has 0 heterocycles. The van der Waals surface area contributed by atoms with Crippen LogP contribution in [-0.2, 0) is 0 Å². The molecule has 8 heteroatoms. The van der Waals surface area contributed by atoms with Crippen LogP contribution in [0.2, 0.25) is 0 Å². The van der Waals surface area contributed by atoms with Crippen molar-refractivity contribution in [1.29, 1.82) is 0 Å². The van der Waals surface area contributed by atoms with Crippen LogP contribution in [0.3, 0.4) is 0 Å². The minimum Gasteiger partial charge on any atom is -0.362 e. The molecule has 0 aromatic heterocycles. The summed E-state index contributed by atoms with van der Waals surface area (Å²) in [5.41, 5.74) is 6.54. The van der Waals surface area contributed by atoms with Gasteiger partial charge in [-0.2, -0.15) is 0 Å². The number of unbranched alkanes of at least 4 members (excludes halogenated alkanes) is 2. The molecule has 0 aliphatic rings. The summed E-state index contributed by atoms with van der Waals surface area (Å²) in [6, 6.07) is 7.11. The van der Waals surface area contributed by atoms with Crippen molar-refractivity contribution in [1.82, 2.24) is 21.5 Å². The topological polar surface area (TPSA) is 77.2 Å². The molecule has 6 nitrogen and oxygen atoms in total. The number of rotatable bonds is 8. The van der Waals surface area contributed by atoms with Crippen molar-refractivity contribution in [2.45, 2.75) is 39.5 Å². The third-order valence-corrected chi connectivity index (χ3v) is 3.80. The molecule has 0 aliphatic heterocycles. The molecule has 138 valence electrons. The summed E-state index contributed by atoms with van der Waals surface area (Å²) in [5.74, 6) is -0.270. The second-order valence-electron chi connectivity index (χ2n) is 5.50. The maximum absolute atomic E-state index is 12.2. The number of carbonyl (C=O) groups excluding carboxylic acids is 1. The minimum atomic E-state index is -0.270. The van der Waals surface area contributed by atoms with Gasteiger partial charge in [-0.25, -0.2) is 0 Å². The number of amides is 1. The van der Waals surface area contributed by atoms with Crippen molar-refractivity contribution in [2.75, 3.05) is 18.4 Å². The Morgan fingerprint density at radius 3 is 2.24 bits per heavy atom. The Bertz CT molecular complexity index is 580. The van der Waals surface area contributed by atoms with E-state index in [1.165, 1.54) is 0 Å². The lowest BCUT2D eigenvalue weighted by Gasteiger charge is -2.13. The molecule has 0 fully saturated rings. The van der Waals surface area contributed by atoms with E-state index in [4.69, 9.17) is 24.4 Å². The quantitative estimate of drug-likeness (QED) is 0.269. The molecular formula is C17H27N5OS2. The molecule has 25 heavy (non-hydrogen) atoms. The Balaban J connectivity index is 2.46. The van der Waals surface area contributed by atoms with Crippen LogP contribution < -0.4 is 26.8 Å². The highest BCUT2D eigenvalue weighted by molar-refractivity contribution is 7.80. The SMILES string of the molecule is CCCCNC(=S)NNC(=O)c1cccc(NC(=S)NCCCC)c1. The van der Waals surface area contributed by atoms with Crippen LogP contribution in [0.1, 0.15) is 49.9 Å². The summed E-state index contributed by atoms with van der Waals surface area (Å²) < 4.78 is 0. The first-order chi connectivity index (χ1) is 12.1. The first-order valence-corrected chi connectivity index (χ1v) is 9.37. The van der Waals surface area contributed by atoms with E-state index >= 15 is 0 Å². The zero-order valence-corrected chi connectivity index (χ0v) is 16.4. The Morgan fingerprint density at radius 1 is 0.960 bits per heavy atom. The number of thiocarbonyl (C=S) groups is 2. The van der Waals surface area contributed by atoms with Crippen LogP contribution in [0.15, 0.2) is 24.3 Å².